The zero-order valence-electron chi connectivity index (χ0n) is 9.80. The van der Waals surface area contributed by atoms with Crippen LogP contribution in [-0.4, -0.2) is 23.5 Å². The summed E-state index contributed by atoms with van der Waals surface area (Å²) < 4.78 is 0. The fourth-order valence-corrected chi connectivity index (χ4v) is 2.16. The van der Waals surface area contributed by atoms with Crippen LogP contribution >= 0.6 is 39.3 Å². The number of carbonyl (C=O) groups excluding carboxylic acids is 1. The summed E-state index contributed by atoms with van der Waals surface area (Å²) >= 11 is 11.0. The fourth-order valence-electron chi connectivity index (χ4n) is 1.29. The van der Waals surface area contributed by atoms with E-state index < -0.39 is 0 Å². The number of hydrogen-bond donors (Lipinski definition) is 1. The molecule has 0 saturated carbocycles. The summed E-state index contributed by atoms with van der Waals surface area (Å²) in [6.07, 6.45) is 2.86. The van der Waals surface area contributed by atoms with Crippen LogP contribution in [0, 0.1) is 0 Å². The zero-order valence-corrected chi connectivity index (χ0v) is 13.0. The predicted molar refractivity (Wildman–Crippen MR) is 78.6 cm³/mol. The van der Waals surface area contributed by atoms with Gasteiger partial charge in [0.1, 0.15) is 0 Å². The van der Waals surface area contributed by atoms with Crippen molar-refractivity contribution in [3.05, 3.63) is 28.8 Å². The van der Waals surface area contributed by atoms with E-state index in [9.17, 15) is 4.79 Å². The summed E-state index contributed by atoms with van der Waals surface area (Å²) in [4.78, 5) is 13.3. The van der Waals surface area contributed by atoms with Crippen molar-refractivity contribution >= 4 is 45.2 Å². The van der Waals surface area contributed by atoms with E-state index >= 15 is 0 Å². The Bertz CT molecular complexity index is 398. The lowest BCUT2D eigenvalue weighted by Crippen LogP contribution is -2.25. The highest BCUT2D eigenvalue weighted by atomic mass is 79.9. The summed E-state index contributed by atoms with van der Waals surface area (Å²) in [6.45, 7) is 2.69. The molecule has 0 saturated heterocycles. The van der Waals surface area contributed by atoms with E-state index in [-0.39, 0.29) is 5.91 Å². The molecule has 0 aromatic heterocycles. The van der Waals surface area contributed by atoms with E-state index in [1.807, 2.05) is 25.3 Å². The van der Waals surface area contributed by atoms with Crippen molar-refractivity contribution in [1.29, 1.82) is 0 Å². The standard InChI is InChI=1S/C12H15BrClNOS/c1-8(13)5-6-15-12(16)10-7-9(17-2)3-4-11(10)14/h3-4,7-8H,5-6H2,1-2H3,(H,15,16). The zero-order chi connectivity index (χ0) is 12.8. The number of amides is 1. The van der Waals surface area contributed by atoms with E-state index in [0.717, 1.165) is 11.3 Å². The van der Waals surface area contributed by atoms with E-state index in [0.29, 0.717) is 22.0 Å². The lowest BCUT2D eigenvalue weighted by Gasteiger charge is -2.08. The number of rotatable bonds is 5. The fraction of sp³-hybridized carbons (Fsp3) is 0.417. The third kappa shape index (κ3) is 4.90. The van der Waals surface area contributed by atoms with Crippen molar-refractivity contribution in [1.82, 2.24) is 5.32 Å². The molecule has 0 bridgehead atoms. The molecule has 0 aliphatic carbocycles. The molecule has 2 nitrogen and oxygen atoms in total. The van der Waals surface area contributed by atoms with Crippen LogP contribution in [-0.2, 0) is 0 Å². The Kier molecular flexibility index (Phi) is 6.38. The number of halogens is 2. The summed E-state index contributed by atoms with van der Waals surface area (Å²) in [5.41, 5.74) is 0.542. The van der Waals surface area contributed by atoms with E-state index in [2.05, 4.69) is 21.2 Å². The average Bonchev–Trinajstić information content (AvgIpc) is 2.29. The highest BCUT2D eigenvalue weighted by molar-refractivity contribution is 9.09. The molecule has 1 atom stereocenters. The number of nitrogens with one attached hydrogen (secondary N) is 1. The second-order valence-electron chi connectivity index (χ2n) is 3.67. The Morgan fingerprint density at radius 1 is 1.59 bits per heavy atom. The summed E-state index contributed by atoms with van der Waals surface area (Å²) in [6, 6.07) is 5.49. The molecular formula is C12H15BrClNOS. The topological polar surface area (TPSA) is 29.1 Å². The van der Waals surface area contributed by atoms with Crippen LogP contribution in [0.4, 0.5) is 0 Å². The van der Waals surface area contributed by atoms with Gasteiger partial charge in [0.05, 0.1) is 10.6 Å². The van der Waals surface area contributed by atoms with Crippen molar-refractivity contribution in [2.24, 2.45) is 0 Å². The van der Waals surface area contributed by atoms with Crippen LogP contribution in [0.1, 0.15) is 23.7 Å². The Morgan fingerprint density at radius 2 is 2.29 bits per heavy atom. The number of thioether (sulfide) groups is 1. The van der Waals surface area contributed by atoms with Crippen LogP contribution in [0.3, 0.4) is 0 Å². The minimum Gasteiger partial charge on any atom is -0.352 e. The Labute approximate surface area is 120 Å². The average molecular weight is 337 g/mol. The van der Waals surface area contributed by atoms with E-state index in [1.54, 1.807) is 17.8 Å². The van der Waals surface area contributed by atoms with Gasteiger partial charge in [-0.1, -0.05) is 34.5 Å². The molecule has 1 aromatic carbocycles. The SMILES string of the molecule is CSc1ccc(Cl)c(C(=O)NCCC(C)Br)c1. The maximum atomic E-state index is 11.9. The summed E-state index contributed by atoms with van der Waals surface area (Å²) in [5.74, 6) is -0.112. The number of alkyl halides is 1. The maximum Gasteiger partial charge on any atom is 0.252 e. The van der Waals surface area contributed by atoms with Crippen molar-refractivity contribution in [2.75, 3.05) is 12.8 Å². The minimum atomic E-state index is -0.112. The van der Waals surface area contributed by atoms with Gasteiger partial charge in [0, 0.05) is 16.3 Å². The molecular weight excluding hydrogens is 322 g/mol. The third-order valence-corrected chi connectivity index (χ3v) is 3.76. The minimum absolute atomic E-state index is 0.112. The first kappa shape index (κ1) is 14.9. The van der Waals surface area contributed by atoms with Crippen LogP contribution < -0.4 is 5.32 Å². The van der Waals surface area contributed by atoms with Gasteiger partial charge in [0.25, 0.3) is 5.91 Å². The molecule has 1 unspecified atom stereocenters. The normalized spacial score (nSPS) is 12.2. The number of carbonyl (C=O) groups is 1. The smallest absolute Gasteiger partial charge is 0.252 e. The third-order valence-electron chi connectivity index (χ3n) is 2.25. The highest BCUT2D eigenvalue weighted by Gasteiger charge is 2.10. The molecule has 1 amide bonds. The first-order valence-electron chi connectivity index (χ1n) is 5.30. The van der Waals surface area contributed by atoms with E-state index in [4.69, 9.17) is 11.6 Å². The van der Waals surface area contributed by atoms with Crippen molar-refractivity contribution in [2.45, 2.75) is 23.1 Å². The van der Waals surface area contributed by atoms with Crippen molar-refractivity contribution < 1.29 is 4.79 Å². The lowest BCUT2D eigenvalue weighted by molar-refractivity contribution is 0.0953. The lowest BCUT2D eigenvalue weighted by atomic mass is 10.2. The van der Waals surface area contributed by atoms with Gasteiger partial charge in [0.2, 0.25) is 0 Å². The Balaban J connectivity index is 2.67. The molecule has 5 heteroatoms. The first-order valence-corrected chi connectivity index (χ1v) is 7.82. The first-order chi connectivity index (χ1) is 8.04. The largest absolute Gasteiger partial charge is 0.352 e. The number of hydrogen-bond acceptors (Lipinski definition) is 2. The van der Waals surface area contributed by atoms with Gasteiger partial charge in [-0.2, -0.15) is 0 Å². The van der Waals surface area contributed by atoms with Crippen LogP contribution in [0.15, 0.2) is 23.1 Å². The van der Waals surface area contributed by atoms with Gasteiger partial charge in [-0.05, 0) is 30.9 Å². The van der Waals surface area contributed by atoms with Gasteiger partial charge >= 0.3 is 0 Å². The maximum absolute atomic E-state index is 11.9. The van der Waals surface area contributed by atoms with Gasteiger partial charge in [-0.3, -0.25) is 4.79 Å². The molecule has 17 heavy (non-hydrogen) atoms. The molecule has 0 fully saturated rings. The summed E-state index contributed by atoms with van der Waals surface area (Å²) in [7, 11) is 0. The molecule has 1 N–H and O–H groups in total. The van der Waals surface area contributed by atoms with Crippen LogP contribution in [0.25, 0.3) is 0 Å². The predicted octanol–water partition coefficient (Wildman–Crippen LogP) is 3.97. The molecule has 1 rings (SSSR count). The Hall–Kier alpha value is -0.190. The van der Waals surface area contributed by atoms with Crippen molar-refractivity contribution in [3.63, 3.8) is 0 Å². The second kappa shape index (κ2) is 7.29. The molecule has 1 aromatic rings. The van der Waals surface area contributed by atoms with Gasteiger partial charge in [-0.15, -0.1) is 11.8 Å². The Morgan fingerprint density at radius 3 is 2.88 bits per heavy atom. The summed E-state index contributed by atoms with van der Waals surface area (Å²) in [5, 5.41) is 3.35. The molecule has 94 valence electrons. The molecule has 0 heterocycles. The molecule has 0 spiro atoms. The quantitative estimate of drug-likeness (QED) is 0.651. The molecule has 0 radical (unpaired) electrons. The van der Waals surface area contributed by atoms with Gasteiger partial charge < -0.3 is 5.32 Å². The van der Waals surface area contributed by atoms with Gasteiger partial charge in [0.15, 0.2) is 0 Å². The number of benzene rings is 1. The molecule has 0 aliphatic heterocycles. The monoisotopic (exact) mass is 335 g/mol. The van der Waals surface area contributed by atoms with E-state index in [1.165, 1.54) is 0 Å². The van der Waals surface area contributed by atoms with Gasteiger partial charge in [-0.25, -0.2) is 0 Å². The second-order valence-corrected chi connectivity index (χ2v) is 6.52. The molecule has 0 aliphatic rings. The van der Waals surface area contributed by atoms with Crippen LogP contribution in [0.5, 0.6) is 0 Å². The van der Waals surface area contributed by atoms with Crippen molar-refractivity contribution in [3.8, 4) is 0 Å². The highest BCUT2D eigenvalue weighted by Crippen LogP contribution is 2.22. The van der Waals surface area contributed by atoms with Crippen LogP contribution in [0.2, 0.25) is 5.02 Å².